The maximum atomic E-state index is 12.8. The van der Waals surface area contributed by atoms with E-state index in [0.717, 1.165) is 35.1 Å². The topological polar surface area (TPSA) is 52.3 Å². The Morgan fingerprint density at radius 3 is 2.11 bits per heavy atom. The lowest BCUT2D eigenvalue weighted by Crippen LogP contribution is -2.41. The van der Waals surface area contributed by atoms with Crippen molar-refractivity contribution in [1.82, 2.24) is 19.4 Å². The van der Waals surface area contributed by atoms with Gasteiger partial charge < -0.3 is 9.14 Å². The Morgan fingerprint density at radius 2 is 1.54 bits per heavy atom. The largest absolute Gasteiger partial charge is 0.484 e. The van der Waals surface area contributed by atoms with E-state index in [2.05, 4.69) is 19.7 Å². The van der Waals surface area contributed by atoms with Gasteiger partial charge in [0.1, 0.15) is 11.3 Å². The van der Waals surface area contributed by atoms with E-state index in [1.165, 1.54) is 6.20 Å². The fourth-order valence-corrected chi connectivity index (χ4v) is 2.05. The van der Waals surface area contributed by atoms with Crippen LogP contribution in [0.4, 0.5) is 35.1 Å². The van der Waals surface area contributed by atoms with E-state index < -0.39 is 36.2 Å². The van der Waals surface area contributed by atoms with Gasteiger partial charge in [0.2, 0.25) is 0 Å². The van der Waals surface area contributed by atoms with Crippen LogP contribution in [0, 0.1) is 0 Å². The first-order chi connectivity index (χ1) is 12.9. The highest BCUT2D eigenvalue weighted by molar-refractivity contribution is 5.56. The van der Waals surface area contributed by atoms with Crippen LogP contribution in [0.15, 0.2) is 36.9 Å². The number of ether oxygens (including phenoxy) is 1. The minimum absolute atomic E-state index is 0.0616. The van der Waals surface area contributed by atoms with Crippen LogP contribution >= 0.6 is 0 Å². The molecule has 150 valence electrons. The summed E-state index contributed by atoms with van der Waals surface area (Å²) in [5.74, 6) is -5.59. The van der Waals surface area contributed by atoms with Crippen LogP contribution in [0.25, 0.3) is 17.2 Å². The molecule has 3 rings (SSSR count). The molecule has 3 heterocycles. The van der Waals surface area contributed by atoms with Crippen LogP contribution in [0.2, 0.25) is 0 Å². The maximum absolute atomic E-state index is 12.8. The number of pyridine rings is 1. The number of halogens is 8. The van der Waals surface area contributed by atoms with E-state index in [1.54, 1.807) is 0 Å². The second-order valence-corrected chi connectivity index (χ2v) is 5.54. The average molecular weight is 412 g/mol. The highest BCUT2D eigenvalue weighted by atomic mass is 19.4. The predicted molar refractivity (Wildman–Crippen MR) is 77.7 cm³/mol. The predicted octanol–water partition coefficient (Wildman–Crippen LogP) is 4.39. The van der Waals surface area contributed by atoms with Gasteiger partial charge in [0.15, 0.2) is 18.2 Å². The van der Waals surface area contributed by atoms with Crippen LogP contribution in [0.1, 0.15) is 5.56 Å². The summed E-state index contributed by atoms with van der Waals surface area (Å²) in [5.41, 5.74) is -0.678. The van der Waals surface area contributed by atoms with Crippen LogP contribution in [0.5, 0.6) is 5.75 Å². The van der Waals surface area contributed by atoms with E-state index in [1.807, 2.05) is 0 Å². The van der Waals surface area contributed by atoms with E-state index in [0.29, 0.717) is 0 Å². The minimum atomic E-state index is -5.76. The summed E-state index contributed by atoms with van der Waals surface area (Å²) in [6, 6.07) is 1.97. The van der Waals surface area contributed by atoms with Crippen molar-refractivity contribution in [2.45, 2.75) is 18.3 Å². The molecule has 13 heteroatoms. The Morgan fingerprint density at radius 1 is 0.893 bits per heavy atom. The summed E-state index contributed by atoms with van der Waals surface area (Å²) in [5, 5.41) is 0. The Kier molecular flexibility index (Phi) is 4.63. The molecule has 0 aliphatic heterocycles. The molecular formula is C15H8F8N4O. The fraction of sp³-hybridized carbons (Fsp3) is 0.267. The number of hydrogen-bond donors (Lipinski definition) is 0. The van der Waals surface area contributed by atoms with Crippen molar-refractivity contribution in [3.05, 3.63) is 42.5 Å². The molecule has 0 atom stereocenters. The first-order valence-electron chi connectivity index (χ1n) is 7.32. The number of rotatable bonds is 4. The van der Waals surface area contributed by atoms with Crippen molar-refractivity contribution in [2.75, 3.05) is 6.61 Å². The lowest BCUT2D eigenvalue weighted by Gasteiger charge is -2.19. The Bertz CT molecular complexity index is 978. The summed E-state index contributed by atoms with van der Waals surface area (Å²) in [7, 11) is 0. The Hall–Kier alpha value is -2.99. The molecule has 0 N–H and O–H groups in total. The average Bonchev–Trinajstić information content (AvgIpc) is 3.02. The summed E-state index contributed by atoms with van der Waals surface area (Å²) in [6.45, 7) is -1.95. The van der Waals surface area contributed by atoms with Crippen molar-refractivity contribution in [2.24, 2.45) is 0 Å². The zero-order chi connectivity index (χ0) is 20.7. The zero-order valence-corrected chi connectivity index (χ0v) is 13.4. The maximum Gasteiger partial charge on any atom is 0.456 e. The summed E-state index contributed by atoms with van der Waals surface area (Å²) in [4.78, 5) is 11.5. The lowest BCUT2D eigenvalue weighted by molar-refractivity contribution is -0.290. The molecule has 0 bridgehead atoms. The summed E-state index contributed by atoms with van der Waals surface area (Å²) >= 11 is 0. The van der Waals surface area contributed by atoms with Crippen molar-refractivity contribution in [3.63, 3.8) is 0 Å². The standard InChI is InChI=1S/C15H8F8N4O/c16-13(17,15(21,22)23)7-28-9-3-24-12(25-4-9)10-6-27-5-8(14(18,19)20)1-2-11(27)26-10/h1-6H,7H2. The molecule has 28 heavy (non-hydrogen) atoms. The van der Waals surface area contributed by atoms with Crippen molar-refractivity contribution in [1.29, 1.82) is 0 Å². The zero-order valence-electron chi connectivity index (χ0n) is 13.4. The number of nitrogens with zero attached hydrogens (tertiary/aromatic N) is 4. The smallest absolute Gasteiger partial charge is 0.456 e. The van der Waals surface area contributed by atoms with Gasteiger partial charge in [-0.2, -0.15) is 35.1 Å². The van der Waals surface area contributed by atoms with Crippen LogP contribution in [0.3, 0.4) is 0 Å². The Labute approximate surface area is 150 Å². The molecule has 0 unspecified atom stereocenters. The van der Waals surface area contributed by atoms with Crippen LogP contribution in [-0.2, 0) is 6.18 Å². The molecule has 0 aliphatic rings. The highest BCUT2D eigenvalue weighted by Crippen LogP contribution is 2.35. The van der Waals surface area contributed by atoms with Crippen molar-refractivity contribution in [3.8, 4) is 17.3 Å². The second-order valence-electron chi connectivity index (χ2n) is 5.54. The molecule has 0 aromatic carbocycles. The van der Waals surface area contributed by atoms with Gasteiger partial charge in [0, 0.05) is 12.4 Å². The van der Waals surface area contributed by atoms with Gasteiger partial charge in [0.05, 0.1) is 18.0 Å². The van der Waals surface area contributed by atoms with Gasteiger partial charge in [-0.15, -0.1) is 0 Å². The molecule has 0 saturated heterocycles. The van der Waals surface area contributed by atoms with E-state index in [-0.39, 0.29) is 17.2 Å². The van der Waals surface area contributed by atoms with Crippen LogP contribution in [-0.4, -0.2) is 38.1 Å². The molecule has 5 nitrogen and oxygen atoms in total. The first-order valence-corrected chi connectivity index (χ1v) is 7.32. The number of hydrogen-bond acceptors (Lipinski definition) is 4. The van der Waals surface area contributed by atoms with Crippen molar-refractivity contribution < 1.29 is 39.9 Å². The number of alkyl halides is 8. The molecule has 0 amide bonds. The number of aromatic nitrogens is 4. The quantitative estimate of drug-likeness (QED) is 0.597. The highest BCUT2D eigenvalue weighted by Gasteiger charge is 2.58. The fourth-order valence-electron chi connectivity index (χ4n) is 2.05. The van der Waals surface area contributed by atoms with E-state index in [4.69, 9.17) is 0 Å². The third kappa shape index (κ3) is 3.97. The molecule has 0 saturated carbocycles. The van der Waals surface area contributed by atoms with Crippen LogP contribution < -0.4 is 4.74 Å². The first kappa shape index (κ1) is 19.8. The van der Waals surface area contributed by atoms with Gasteiger partial charge in [-0.25, -0.2) is 15.0 Å². The summed E-state index contributed by atoms with van der Waals surface area (Å²) < 4.78 is 105. The van der Waals surface area contributed by atoms with E-state index >= 15 is 0 Å². The molecule has 0 spiro atoms. The van der Waals surface area contributed by atoms with Gasteiger partial charge in [-0.1, -0.05) is 0 Å². The SMILES string of the molecule is FC(F)(F)c1ccc2nc(-c3ncc(OCC(F)(F)C(F)(F)F)cn3)cn2c1. The molecular weight excluding hydrogens is 404 g/mol. The minimum Gasteiger partial charge on any atom is -0.484 e. The molecule has 0 radical (unpaired) electrons. The molecule has 0 fully saturated rings. The van der Waals surface area contributed by atoms with Gasteiger partial charge in [0.25, 0.3) is 0 Å². The van der Waals surface area contributed by atoms with Gasteiger partial charge >= 0.3 is 18.3 Å². The monoisotopic (exact) mass is 412 g/mol. The van der Waals surface area contributed by atoms with Crippen molar-refractivity contribution >= 4 is 5.65 Å². The third-order valence-corrected chi connectivity index (χ3v) is 3.47. The normalized spacial score (nSPS) is 13.1. The third-order valence-electron chi connectivity index (χ3n) is 3.47. The summed E-state index contributed by atoms with van der Waals surface area (Å²) in [6.07, 6.45) is -6.60. The Balaban J connectivity index is 1.78. The van der Waals surface area contributed by atoms with Gasteiger partial charge in [-0.05, 0) is 12.1 Å². The number of imidazole rings is 1. The molecule has 3 aromatic heterocycles. The second kappa shape index (κ2) is 6.56. The molecule has 0 aliphatic carbocycles. The van der Waals surface area contributed by atoms with Gasteiger partial charge in [-0.3, -0.25) is 0 Å². The number of fused-ring (bicyclic) bond motifs is 1. The molecule has 3 aromatic rings. The van der Waals surface area contributed by atoms with E-state index in [9.17, 15) is 35.1 Å². The lowest BCUT2D eigenvalue weighted by atomic mass is 10.3.